The maximum absolute atomic E-state index is 12.6. The van der Waals surface area contributed by atoms with Crippen LogP contribution in [0.2, 0.25) is 0 Å². The molecule has 138 valence electrons. The van der Waals surface area contributed by atoms with Gasteiger partial charge < -0.3 is 15.0 Å². The summed E-state index contributed by atoms with van der Waals surface area (Å²) in [7, 11) is 0. The first-order valence-corrected chi connectivity index (χ1v) is 8.87. The van der Waals surface area contributed by atoms with Crippen LogP contribution in [-0.2, 0) is 22.5 Å². The van der Waals surface area contributed by atoms with E-state index in [4.69, 9.17) is 4.74 Å². The van der Waals surface area contributed by atoms with Gasteiger partial charge in [0.2, 0.25) is 11.9 Å². The molecule has 3 rings (SSSR count). The maximum Gasteiger partial charge on any atom is 0.255 e. The molecule has 0 bridgehead atoms. The van der Waals surface area contributed by atoms with Gasteiger partial charge in [0, 0.05) is 30.5 Å². The van der Waals surface area contributed by atoms with Crippen molar-refractivity contribution in [1.82, 2.24) is 9.55 Å². The smallest absolute Gasteiger partial charge is 0.255 e. The van der Waals surface area contributed by atoms with Crippen LogP contribution in [0.5, 0.6) is 0 Å². The fraction of sp³-hybridized carbons (Fsp3) is 0.421. The summed E-state index contributed by atoms with van der Waals surface area (Å²) in [6.45, 7) is 6.32. The second-order valence-electron chi connectivity index (χ2n) is 6.34. The Balaban J connectivity index is 1.85. The van der Waals surface area contributed by atoms with E-state index < -0.39 is 0 Å². The molecule has 1 fully saturated rings. The summed E-state index contributed by atoms with van der Waals surface area (Å²) < 4.78 is 6.82. The van der Waals surface area contributed by atoms with E-state index in [9.17, 15) is 9.59 Å². The number of aromatic nitrogens is 2. The number of nitrogens with one attached hydrogen (secondary N) is 1. The Hall–Kier alpha value is -2.67. The van der Waals surface area contributed by atoms with Gasteiger partial charge in [-0.05, 0) is 31.0 Å². The van der Waals surface area contributed by atoms with Crippen LogP contribution in [-0.4, -0.2) is 41.8 Å². The Kier molecular flexibility index (Phi) is 5.68. The molecule has 1 saturated heterocycles. The lowest BCUT2D eigenvalue weighted by Gasteiger charge is -2.29. The quantitative estimate of drug-likeness (QED) is 0.880. The number of hydrogen-bond donors (Lipinski definition) is 1. The van der Waals surface area contributed by atoms with Crippen LogP contribution in [0.3, 0.4) is 0 Å². The molecule has 1 aliphatic rings. The van der Waals surface area contributed by atoms with Gasteiger partial charge in [-0.25, -0.2) is 4.98 Å². The molecule has 26 heavy (non-hydrogen) atoms. The van der Waals surface area contributed by atoms with Gasteiger partial charge in [-0.1, -0.05) is 19.1 Å². The van der Waals surface area contributed by atoms with Gasteiger partial charge >= 0.3 is 0 Å². The fourth-order valence-corrected chi connectivity index (χ4v) is 2.94. The lowest BCUT2D eigenvalue weighted by Crippen LogP contribution is -2.42. The second-order valence-corrected chi connectivity index (χ2v) is 6.34. The summed E-state index contributed by atoms with van der Waals surface area (Å²) in [6, 6.07) is 9.07. The number of rotatable bonds is 5. The van der Waals surface area contributed by atoms with Gasteiger partial charge in [-0.2, -0.15) is 0 Å². The standard InChI is InChI=1S/C19H24N4O3/c1-3-15-12-18(25)23(19(21-15)22-7-9-26-10-8-22)13-17(24)20-16-6-4-5-14(2)11-16/h4-6,11-12H,3,7-10,13H2,1-2H3,(H,20,24). The topological polar surface area (TPSA) is 76.5 Å². The third kappa shape index (κ3) is 4.29. The predicted molar refractivity (Wildman–Crippen MR) is 101 cm³/mol. The summed E-state index contributed by atoms with van der Waals surface area (Å²) in [4.78, 5) is 31.7. The molecular weight excluding hydrogens is 332 g/mol. The first-order valence-electron chi connectivity index (χ1n) is 8.87. The SMILES string of the molecule is CCc1cc(=O)n(CC(=O)Nc2cccc(C)c2)c(N2CCOCC2)n1. The highest BCUT2D eigenvalue weighted by Gasteiger charge is 2.19. The molecule has 1 aliphatic heterocycles. The van der Waals surface area contributed by atoms with Gasteiger partial charge in [0.05, 0.1) is 13.2 Å². The van der Waals surface area contributed by atoms with Crippen molar-refractivity contribution in [2.24, 2.45) is 0 Å². The summed E-state index contributed by atoms with van der Waals surface area (Å²) in [5, 5.41) is 2.85. The van der Waals surface area contributed by atoms with E-state index in [0.29, 0.717) is 44.4 Å². The van der Waals surface area contributed by atoms with E-state index >= 15 is 0 Å². The number of aryl methyl sites for hydroxylation is 2. The molecule has 0 spiro atoms. The van der Waals surface area contributed by atoms with Crippen molar-refractivity contribution < 1.29 is 9.53 Å². The van der Waals surface area contributed by atoms with Crippen molar-refractivity contribution in [3.8, 4) is 0 Å². The zero-order chi connectivity index (χ0) is 18.5. The van der Waals surface area contributed by atoms with Crippen molar-refractivity contribution in [3.63, 3.8) is 0 Å². The van der Waals surface area contributed by atoms with Gasteiger partial charge in [-0.3, -0.25) is 14.2 Å². The molecule has 2 heterocycles. The van der Waals surface area contributed by atoms with Crippen LogP contribution in [0.15, 0.2) is 35.1 Å². The number of anilines is 2. The molecule has 0 unspecified atom stereocenters. The first kappa shape index (κ1) is 18.1. The lowest BCUT2D eigenvalue weighted by atomic mass is 10.2. The summed E-state index contributed by atoms with van der Waals surface area (Å²) in [5.41, 5.74) is 2.29. The third-order valence-electron chi connectivity index (χ3n) is 4.30. The van der Waals surface area contributed by atoms with E-state index in [-0.39, 0.29) is 18.0 Å². The third-order valence-corrected chi connectivity index (χ3v) is 4.30. The highest BCUT2D eigenvalue weighted by molar-refractivity contribution is 5.90. The summed E-state index contributed by atoms with van der Waals surface area (Å²) in [6.07, 6.45) is 0.670. The molecule has 0 radical (unpaired) electrons. The summed E-state index contributed by atoms with van der Waals surface area (Å²) in [5.74, 6) is 0.287. The Morgan fingerprint density at radius 3 is 2.73 bits per heavy atom. The average Bonchev–Trinajstić information content (AvgIpc) is 2.64. The minimum atomic E-state index is -0.252. The molecule has 1 aromatic carbocycles. The minimum absolute atomic E-state index is 0.0730. The van der Waals surface area contributed by atoms with Crippen LogP contribution in [0.1, 0.15) is 18.2 Å². The fourth-order valence-electron chi connectivity index (χ4n) is 2.94. The van der Waals surface area contributed by atoms with E-state index in [1.54, 1.807) is 0 Å². The Morgan fingerprint density at radius 1 is 1.27 bits per heavy atom. The highest BCUT2D eigenvalue weighted by Crippen LogP contribution is 2.14. The molecule has 0 aliphatic carbocycles. The predicted octanol–water partition coefficient (Wildman–Crippen LogP) is 1.59. The Bertz CT molecular complexity index is 841. The number of benzene rings is 1. The zero-order valence-corrected chi connectivity index (χ0v) is 15.2. The highest BCUT2D eigenvalue weighted by atomic mass is 16.5. The van der Waals surface area contributed by atoms with Gasteiger partial charge in [0.15, 0.2) is 0 Å². The van der Waals surface area contributed by atoms with Crippen LogP contribution < -0.4 is 15.8 Å². The molecule has 7 nitrogen and oxygen atoms in total. The number of carbonyl (C=O) groups is 1. The van der Waals surface area contributed by atoms with Crippen molar-refractivity contribution >= 4 is 17.5 Å². The molecule has 7 heteroatoms. The van der Waals surface area contributed by atoms with Gasteiger partial charge in [0.25, 0.3) is 5.56 Å². The molecule has 0 saturated carbocycles. The normalized spacial score (nSPS) is 14.3. The van der Waals surface area contributed by atoms with E-state index in [1.165, 1.54) is 10.6 Å². The molecular formula is C19H24N4O3. The average molecular weight is 356 g/mol. The zero-order valence-electron chi connectivity index (χ0n) is 15.2. The first-order chi connectivity index (χ1) is 12.6. The number of morpholine rings is 1. The largest absolute Gasteiger partial charge is 0.378 e. The van der Waals surface area contributed by atoms with Crippen molar-refractivity contribution in [2.75, 3.05) is 36.5 Å². The lowest BCUT2D eigenvalue weighted by molar-refractivity contribution is -0.116. The molecule has 1 N–H and O–H groups in total. The van der Waals surface area contributed by atoms with Crippen LogP contribution in [0.4, 0.5) is 11.6 Å². The number of ether oxygens (including phenoxy) is 1. The van der Waals surface area contributed by atoms with Crippen molar-refractivity contribution in [3.05, 3.63) is 51.9 Å². The van der Waals surface area contributed by atoms with Crippen LogP contribution in [0.25, 0.3) is 0 Å². The van der Waals surface area contributed by atoms with E-state index in [2.05, 4.69) is 10.3 Å². The maximum atomic E-state index is 12.6. The van der Waals surface area contributed by atoms with Crippen molar-refractivity contribution in [2.45, 2.75) is 26.8 Å². The van der Waals surface area contributed by atoms with Crippen LogP contribution in [0, 0.1) is 6.92 Å². The molecule has 1 aromatic heterocycles. The van der Waals surface area contributed by atoms with Crippen LogP contribution >= 0.6 is 0 Å². The van der Waals surface area contributed by atoms with Gasteiger partial charge in [-0.15, -0.1) is 0 Å². The van der Waals surface area contributed by atoms with Gasteiger partial charge in [0.1, 0.15) is 6.54 Å². The van der Waals surface area contributed by atoms with E-state index in [1.807, 2.05) is 43.0 Å². The molecule has 2 aromatic rings. The van der Waals surface area contributed by atoms with Crippen molar-refractivity contribution in [1.29, 1.82) is 0 Å². The number of nitrogens with zero attached hydrogens (tertiary/aromatic N) is 3. The summed E-state index contributed by atoms with van der Waals surface area (Å²) >= 11 is 0. The Morgan fingerprint density at radius 2 is 2.04 bits per heavy atom. The minimum Gasteiger partial charge on any atom is -0.378 e. The molecule has 0 atom stereocenters. The van der Waals surface area contributed by atoms with E-state index in [0.717, 1.165) is 11.3 Å². The molecule has 1 amide bonds. The monoisotopic (exact) mass is 356 g/mol. The number of carbonyl (C=O) groups excluding carboxylic acids is 1. The Labute approximate surface area is 152 Å². The number of amides is 1. The number of hydrogen-bond acceptors (Lipinski definition) is 5. The second kappa shape index (κ2) is 8.14.